The Morgan fingerprint density at radius 1 is 1.08 bits per heavy atom. The first-order chi connectivity index (χ1) is 12.3. The van der Waals surface area contributed by atoms with Crippen LogP contribution in [0.2, 0.25) is 0 Å². The summed E-state index contributed by atoms with van der Waals surface area (Å²) in [4.78, 5) is 8.42. The average Bonchev–Trinajstić information content (AvgIpc) is 3.28. The van der Waals surface area contributed by atoms with Crippen LogP contribution in [0.1, 0.15) is 5.69 Å². The van der Waals surface area contributed by atoms with E-state index < -0.39 is 0 Å². The lowest BCUT2D eigenvalue weighted by Gasteiger charge is -2.10. The molecule has 4 rings (SSSR count). The number of aromatic nitrogens is 8. The molecule has 0 aliphatic rings. The standard InChI is InChI=1S/C15H16N10/c1-11-9-13(25-14(20-11)18-10-19-25)16-7-8-17-15-21-22-23-24(15)12-5-3-2-4-6-12/h2-6,9-10,16H,7-8H2,1H3,(H,17,21,23). The Morgan fingerprint density at radius 2 is 1.92 bits per heavy atom. The third kappa shape index (κ3) is 3.09. The van der Waals surface area contributed by atoms with Gasteiger partial charge in [-0.2, -0.15) is 19.3 Å². The van der Waals surface area contributed by atoms with Crippen molar-refractivity contribution in [3.63, 3.8) is 0 Å². The number of benzene rings is 1. The largest absolute Gasteiger partial charge is 0.368 e. The van der Waals surface area contributed by atoms with E-state index in [0.29, 0.717) is 24.8 Å². The van der Waals surface area contributed by atoms with E-state index in [-0.39, 0.29) is 0 Å². The van der Waals surface area contributed by atoms with Crippen LogP contribution in [0.25, 0.3) is 11.5 Å². The van der Waals surface area contributed by atoms with Gasteiger partial charge in [-0.1, -0.05) is 23.3 Å². The summed E-state index contributed by atoms with van der Waals surface area (Å²) in [5, 5.41) is 22.5. The van der Waals surface area contributed by atoms with Crippen LogP contribution in [-0.2, 0) is 0 Å². The van der Waals surface area contributed by atoms with Crippen molar-refractivity contribution in [2.75, 3.05) is 23.7 Å². The number of hydrogen-bond donors (Lipinski definition) is 2. The van der Waals surface area contributed by atoms with Crippen molar-refractivity contribution >= 4 is 17.5 Å². The number of aryl methyl sites for hydroxylation is 1. The summed E-state index contributed by atoms with van der Waals surface area (Å²) in [7, 11) is 0. The first-order valence-corrected chi connectivity index (χ1v) is 7.80. The number of nitrogens with one attached hydrogen (secondary N) is 2. The van der Waals surface area contributed by atoms with Crippen molar-refractivity contribution in [3.05, 3.63) is 48.4 Å². The van der Waals surface area contributed by atoms with Gasteiger partial charge in [-0.25, -0.2) is 4.98 Å². The van der Waals surface area contributed by atoms with Gasteiger partial charge in [-0.3, -0.25) is 0 Å². The summed E-state index contributed by atoms with van der Waals surface area (Å²) >= 11 is 0. The zero-order chi connectivity index (χ0) is 17.1. The molecule has 0 unspecified atom stereocenters. The molecule has 0 spiro atoms. The molecule has 0 amide bonds. The number of anilines is 2. The molecule has 25 heavy (non-hydrogen) atoms. The molecule has 3 heterocycles. The van der Waals surface area contributed by atoms with Crippen molar-refractivity contribution in [1.29, 1.82) is 0 Å². The highest BCUT2D eigenvalue weighted by molar-refractivity contribution is 5.45. The minimum absolute atomic E-state index is 0.573. The minimum atomic E-state index is 0.573. The van der Waals surface area contributed by atoms with Crippen LogP contribution in [0.5, 0.6) is 0 Å². The van der Waals surface area contributed by atoms with E-state index in [4.69, 9.17) is 0 Å². The van der Waals surface area contributed by atoms with Crippen molar-refractivity contribution in [2.45, 2.75) is 6.92 Å². The van der Waals surface area contributed by atoms with Crippen LogP contribution in [0.3, 0.4) is 0 Å². The van der Waals surface area contributed by atoms with Gasteiger partial charge in [-0.15, -0.1) is 0 Å². The van der Waals surface area contributed by atoms with E-state index in [1.54, 1.807) is 9.20 Å². The van der Waals surface area contributed by atoms with Gasteiger partial charge < -0.3 is 10.6 Å². The first-order valence-electron chi connectivity index (χ1n) is 7.80. The van der Waals surface area contributed by atoms with E-state index in [1.807, 2.05) is 43.3 Å². The van der Waals surface area contributed by atoms with Crippen LogP contribution >= 0.6 is 0 Å². The van der Waals surface area contributed by atoms with E-state index in [0.717, 1.165) is 17.2 Å². The number of nitrogens with zero attached hydrogens (tertiary/aromatic N) is 8. The van der Waals surface area contributed by atoms with Crippen LogP contribution in [0.15, 0.2) is 42.7 Å². The van der Waals surface area contributed by atoms with Crippen LogP contribution in [0, 0.1) is 6.92 Å². The van der Waals surface area contributed by atoms with Crippen molar-refractivity contribution in [3.8, 4) is 5.69 Å². The van der Waals surface area contributed by atoms with E-state index in [9.17, 15) is 0 Å². The Balaban J connectivity index is 1.40. The van der Waals surface area contributed by atoms with Gasteiger partial charge in [0, 0.05) is 24.8 Å². The molecule has 0 bridgehead atoms. The second kappa shape index (κ2) is 6.51. The molecule has 10 nitrogen and oxygen atoms in total. The molecule has 0 fully saturated rings. The highest BCUT2D eigenvalue weighted by Crippen LogP contribution is 2.11. The lowest BCUT2D eigenvalue weighted by Crippen LogP contribution is -2.18. The summed E-state index contributed by atoms with van der Waals surface area (Å²) in [6.07, 6.45) is 1.49. The van der Waals surface area contributed by atoms with Crippen molar-refractivity contribution in [2.24, 2.45) is 0 Å². The fourth-order valence-corrected chi connectivity index (χ4v) is 2.46. The maximum atomic E-state index is 4.31. The monoisotopic (exact) mass is 336 g/mol. The number of hydrogen-bond acceptors (Lipinski definition) is 8. The highest BCUT2D eigenvalue weighted by atomic mass is 15.6. The maximum absolute atomic E-state index is 4.31. The molecule has 0 aliphatic carbocycles. The Bertz CT molecular complexity index is 974. The van der Waals surface area contributed by atoms with Gasteiger partial charge in [0.05, 0.1) is 5.69 Å². The smallest absolute Gasteiger partial charge is 0.254 e. The Morgan fingerprint density at radius 3 is 2.80 bits per heavy atom. The summed E-state index contributed by atoms with van der Waals surface area (Å²) in [6, 6.07) is 11.7. The molecule has 10 heteroatoms. The molecule has 0 saturated heterocycles. The number of rotatable bonds is 6. The number of para-hydroxylation sites is 1. The third-order valence-electron chi connectivity index (χ3n) is 3.56. The van der Waals surface area contributed by atoms with Crippen LogP contribution in [-0.4, -0.2) is 52.9 Å². The SMILES string of the molecule is Cc1cc(NCCNc2nnnn2-c2ccccc2)n2ncnc2n1. The maximum Gasteiger partial charge on any atom is 0.254 e. The summed E-state index contributed by atoms with van der Waals surface area (Å²) in [6.45, 7) is 3.21. The zero-order valence-corrected chi connectivity index (χ0v) is 13.5. The van der Waals surface area contributed by atoms with E-state index in [2.05, 4.69) is 41.2 Å². The van der Waals surface area contributed by atoms with Crippen LogP contribution < -0.4 is 10.6 Å². The molecule has 3 aromatic heterocycles. The first kappa shape index (κ1) is 15.0. The Hall–Kier alpha value is -3.56. The highest BCUT2D eigenvalue weighted by Gasteiger charge is 2.08. The van der Waals surface area contributed by atoms with Gasteiger partial charge in [0.15, 0.2) is 0 Å². The van der Waals surface area contributed by atoms with Crippen LogP contribution in [0.4, 0.5) is 11.8 Å². The summed E-state index contributed by atoms with van der Waals surface area (Å²) in [5.74, 6) is 2.00. The van der Waals surface area contributed by atoms with Gasteiger partial charge in [0.1, 0.15) is 12.1 Å². The van der Waals surface area contributed by atoms with Gasteiger partial charge in [0.25, 0.3) is 5.78 Å². The quantitative estimate of drug-likeness (QED) is 0.500. The number of tetrazole rings is 1. The number of fused-ring (bicyclic) bond motifs is 1. The zero-order valence-electron chi connectivity index (χ0n) is 13.5. The molecule has 126 valence electrons. The lowest BCUT2D eigenvalue weighted by molar-refractivity contribution is 0.789. The lowest BCUT2D eigenvalue weighted by atomic mass is 10.3. The predicted octanol–water partition coefficient (Wildman–Crippen LogP) is 0.932. The normalized spacial score (nSPS) is 10.9. The summed E-state index contributed by atoms with van der Waals surface area (Å²) in [5.41, 5.74) is 1.78. The van der Waals surface area contributed by atoms with E-state index >= 15 is 0 Å². The molecular weight excluding hydrogens is 320 g/mol. The summed E-state index contributed by atoms with van der Waals surface area (Å²) < 4.78 is 3.33. The molecule has 0 aliphatic heterocycles. The molecule has 2 N–H and O–H groups in total. The van der Waals surface area contributed by atoms with Gasteiger partial charge >= 0.3 is 0 Å². The fourth-order valence-electron chi connectivity index (χ4n) is 2.46. The van der Waals surface area contributed by atoms with E-state index in [1.165, 1.54) is 6.33 Å². The molecule has 1 aromatic carbocycles. The Labute approximate surface area is 142 Å². The van der Waals surface area contributed by atoms with Crippen molar-refractivity contribution < 1.29 is 0 Å². The average molecular weight is 336 g/mol. The fraction of sp³-hybridized carbons (Fsp3) is 0.200. The minimum Gasteiger partial charge on any atom is -0.368 e. The Kier molecular flexibility index (Phi) is 3.91. The second-order valence-electron chi connectivity index (χ2n) is 5.36. The van der Waals surface area contributed by atoms with Gasteiger partial charge in [0.2, 0.25) is 5.95 Å². The predicted molar refractivity (Wildman–Crippen MR) is 91.7 cm³/mol. The molecule has 0 radical (unpaired) electrons. The molecule has 0 atom stereocenters. The van der Waals surface area contributed by atoms with Gasteiger partial charge in [-0.05, 0) is 29.5 Å². The topological polar surface area (TPSA) is 111 Å². The van der Waals surface area contributed by atoms with Crippen molar-refractivity contribution in [1.82, 2.24) is 39.8 Å². The third-order valence-corrected chi connectivity index (χ3v) is 3.56. The molecular formula is C15H16N10. The molecule has 4 aromatic rings. The molecule has 0 saturated carbocycles. The second-order valence-corrected chi connectivity index (χ2v) is 5.36.